The first-order valence-corrected chi connectivity index (χ1v) is 11.4. The number of aromatic nitrogens is 1. The molecule has 0 saturated carbocycles. The standard InChI is InChI=1S/C27H30FN3O2/c1-27(14-17-29-18-15-27)26(32)31(19-20-33-23-7-3-2-4-8-23)25(24-9-5-6-16-30-24)21-10-12-22(28)13-11-21/h2-13,16,25,29H,14-15,17-20H2,1H3. The van der Waals surface area contributed by atoms with Crippen LogP contribution in [0.4, 0.5) is 4.39 Å². The molecule has 1 aliphatic heterocycles. The van der Waals surface area contributed by atoms with Crippen LogP contribution in [0.3, 0.4) is 0 Å². The van der Waals surface area contributed by atoms with Gasteiger partial charge in [-0.15, -0.1) is 0 Å². The molecular weight excluding hydrogens is 417 g/mol. The molecule has 0 radical (unpaired) electrons. The Balaban J connectivity index is 1.68. The van der Waals surface area contributed by atoms with Crippen molar-refractivity contribution in [3.63, 3.8) is 0 Å². The number of pyridine rings is 1. The Labute approximate surface area is 194 Å². The fourth-order valence-electron chi connectivity index (χ4n) is 4.36. The van der Waals surface area contributed by atoms with Crippen LogP contribution in [0.15, 0.2) is 79.0 Å². The average molecular weight is 448 g/mol. The quantitative estimate of drug-likeness (QED) is 0.548. The highest BCUT2D eigenvalue weighted by Crippen LogP contribution is 2.36. The van der Waals surface area contributed by atoms with Crippen molar-refractivity contribution in [3.8, 4) is 5.75 Å². The molecule has 1 amide bonds. The first-order chi connectivity index (χ1) is 16.1. The first kappa shape index (κ1) is 22.9. The number of nitrogens with zero attached hydrogens (tertiary/aromatic N) is 2. The third-order valence-electron chi connectivity index (χ3n) is 6.29. The lowest BCUT2D eigenvalue weighted by molar-refractivity contribution is -0.145. The first-order valence-electron chi connectivity index (χ1n) is 11.4. The Morgan fingerprint density at radius 2 is 1.76 bits per heavy atom. The number of para-hydroxylation sites is 1. The maximum absolute atomic E-state index is 14.1. The van der Waals surface area contributed by atoms with Gasteiger partial charge in [0.25, 0.3) is 0 Å². The van der Waals surface area contributed by atoms with Crippen molar-refractivity contribution in [1.82, 2.24) is 15.2 Å². The Morgan fingerprint density at radius 1 is 1.06 bits per heavy atom. The van der Waals surface area contributed by atoms with Gasteiger partial charge >= 0.3 is 0 Å². The Morgan fingerprint density at radius 3 is 2.42 bits per heavy atom. The number of halogens is 1. The van der Waals surface area contributed by atoms with Gasteiger partial charge in [-0.05, 0) is 67.9 Å². The molecule has 1 fully saturated rings. The number of hydrogen-bond donors (Lipinski definition) is 1. The van der Waals surface area contributed by atoms with Crippen molar-refractivity contribution >= 4 is 5.91 Å². The molecule has 1 atom stereocenters. The van der Waals surface area contributed by atoms with Crippen LogP contribution in [0.5, 0.6) is 5.75 Å². The molecule has 4 rings (SSSR count). The minimum absolute atomic E-state index is 0.0700. The van der Waals surface area contributed by atoms with Gasteiger partial charge in [0.15, 0.2) is 0 Å². The molecule has 0 aliphatic carbocycles. The lowest BCUT2D eigenvalue weighted by atomic mass is 9.79. The zero-order chi connectivity index (χ0) is 23.1. The van der Waals surface area contributed by atoms with Crippen LogP contribution in [-0.4, -0.2) is 42.0 Å². The van der Waals surface area contributed by atoms with E-state index in [2.05, 4.69) is 10.3 Å². The summed E-state index contributed by atoms with van der Waals surface area (Å²) in [5.74, 6) is 0.518. The highest BCUT2D eigenvalue weighted by atomic mass is 19.1. The molecule has 0 spiro atoms. The number of piperidine rings is 1. The average Bonchev–Trinajstić information content (AvgIpc) is 2.86. The molecule has 1 saturated heterocycles. The molecular formula is C27H30FN3O2. The van der Waals surface area contributed by atoms with Crippen molar-refractivity contribution in [2.45, 2.75) is 25.8 Å². The van der Waals surface area contributed by atoms with E-state index in [9.17, 15) is 9.18 Å². The molecule has 1 aliphatic rings. The van der Waals surface area contributed by atoms with E-state index < -0.39 is 11.5 Å². The van der Waals surface area contributed by atoms with Gasteiger partial charge in [0.2, 0.25) is 5.91 Å². The molecule has 2 aromatic carbocycles. The molecule has 2 heterocycles. The summed E-state index contributed by atoms with van der Waals surface area (Å²) in [6.45, 7) is 4.38. The SMILES string of the molecule is CC1(C(=O)N(CCOc2ccccc2)C(c2ccc(F)cc2)c2ccccn2)CCNCC1. The molecule has 0 bridgehead atoms. The summed E-state index contributed by atoms with van der Waals surface area (Å²) in [6.07, 6.45) is 3.25. The van der Waals surface area contributed by atoms with E-state index in [4.69, 9.17) is 4.74 Å². The zero-order valence-corrected chi connectivity index (χ0v) is 18.9. The predicted molar refractivity (Wildman–Crippen MR) is 126 cm³/mol. The second-order valence-electron chi connectivity index (χ2n) is 8.68. The van der Waals surface area contributed by atoms with Crippen LogP contribution in [0.1, 0.15) is 37.1 Å². The number of nitrogens with one attached hydrogen (secondary N) is 1. The highest BCUT2D eigenvalue weighted by Gasteiger charge is 2.41. The van der Waals surface area contributed by atoms with Gasteiger partial charge in [-0.25, -0.2) is 4.39 Å². The van der Waals surface area contributed by atoms with Gasteiger partial charge in [0.1, 0.15) is 18.2 Å². The predicted octanol–water partition coefficient (Wildman–Crippen LogP) is 4.61. The second kappa shape index (κ2) is 10.6. The molecule has 6 heteroatoms. The number of rotatable bonds is 8. The van der Waals surface area contributed by atoms with Crippen LogP contribution in [-0.2, 0) is 4.79 Å². The van der Waals surface area contributed by atoms with Crippen molar-refractivity contribution in [1.29, 1.82) is 0 Å². The minimum atomic E-state index is -0.481. The summed E-state index contributed by atoms with van der Waals surface area (Å²) in [5.41, 5.74) is 1.08. The van der Waals surface area contributed by atoms with Gasteiger partial charge in [0, 0.05) is 11.6 Å². The smallest absolute Gasteiger partial charge is 0.229 e. The molecule has 172 valence electrons. The van der Waals surface area contributed by atoms with E-state index in [1.807, 2.05) is 60.4 Å². The van der Waals surface area contributed by atoms with Crippen LogP contribution >= 0.6 is 0 Å². The third kappa shape index (κ3) is 5.57. The monoisotopic (exact) mass is 447 g/mol. The van der Waals surface area contributed by atoms with Gasteiger partial charge in [0.05, 0.1) is 18.3 Å². The third-order valence-corrected chi connectivity index (χ3v) is 6.29. The van der Waals surface area contributed by atoms with Crippen molar-refractivity contribution in [3.05, 3.63) is 96.1 Å². The van der Waals surface area contributed by atoms with E-state index in [-0.39, 0.29) is 11.7 Å². The molecule has 33 heavy (non-hydrogen) atoms. The van der Waals surface area contributed by atoms with Gasteiger partial charge in [-0.2, -0.15) is 0 Å². The van der Waals surface area contributed by atoms with E-state index in [0.717, 1.165) is 42.9 Å². The summed E-state index contributed by atoms with van der Waals surface area (Å²) in [6, 6.07) is 21.1. The van der Waals surface area contributed by atoms with Crippen molar-refractivity contribution < 1.29 is 13.9 Å². The van der Waals surface area contributed by atoms with Gasteiger partial charge in [-0.3, -0.25) is 9.78 Å². The highest BCUT2D eigenvalue weighted by molar-refractivity contribution is 5.83. The van der Waals surface area contributed by atoms with Gasteiger partial charge < -0.3 is 15.0 Å². The molecule has 1 unspecified atom stereocenters. The van der Waals surface area contributed by atoms with E-state index in [1.54, 1.807) is 18.3 Å². The maximum atomic E-state index is 14.1. The number of amides is 1. The summed E-state index contributed by atoms with van der Waals surface area (Å²) >= 11 is 0. The Bertz CT molecular complexity index is 1020. The summed E-state index contributed by atoms with van der Waals surface area (Å²) in [5, 5.41) is 3.35. The normalized spacial score (nSPS) is 16.1. The molecule has 1 aromatic heterocycles. The van der Waals surface area contributed by atoms with Crippen LogP contribution in [0.25, 0.3) is 0 Å². The lowest BCUT2D eigenvalue weighted by Crippen LogP contribution is -2.50. The fraction of sp³-hybridized carbons (Fsp3) is 0.333. The van der Waals surface area contributed by atoms with Crippen LogP contribution < -0.4 is 10.1 Å². The van der Waals surface area contributed by atoms with Gasteiger partial charge in [-0.1, -0.05) is 43.3 Å². The number of carbonyl (C=O) groups excluding carboxylic acids is 1. The van der Waals surface area contributed by atoms with Crippen molar-refractivity contribution in [2.75, 3.05) is 26.2 Å². The largest absolute Gasteiger partial charge is 0.492 e. The van der Waals surface area contributed by atoms with E-state index in [0.29, 0.717) is 13.2 Å². The molecule has 1 N–H and O–H groups in total. The maximum Gasteiger partial charge on any atom is 0.229 e. The minimum Gasteiger partial charge on any atom is -0.492 e. The number of hydrogen-bond acceptors (Lipinski definition) is 4. The summed E-state index contributed by atoms with van der Waals surface area (Å²) < 4.78 is 19.7. The van der Waals surface area contributed by atoms with Crippen molar-refractivity contribution in [2.24, 2.45) is 5.41 Å². The zero-order valence-electron chi connectivity index (χ0n) is 18.9. The van der Waals surface area contributed by atoms with E-state index >= 15 is 0 Å². The topological polar surface area (TPSA) is 54.5 Å². The number of carbonyl (C=O) groups is 1. The lowest BCUT2D eigenvalue weighted by Gasteiger charge is -2.41. The number of benzene rings is 2. The Kier molecular flexibility index (Phi) is 7.35. The van der Waals surface area contributed by atoms with Crippen LogP contribution in [0.2, 0.25) is 0 Å². The van der Waals surface area contributed by atoms with Crippen LogP contribution in [0, 0.1) is 11.2 Å². The summed E-state index contributed by atoms with van der Waals surface area (Å²) in [7, 11) is 0. The summed E-state index contributed by atoms with van der Waals surface area (Å²) in [4.78, 5) is 20.5. The van der Waals surface area contributed by atoms with E-state index in [1.165, 1.54) is 12.1 Å². The second-order valence-corrected chi connectivity index (χ2v) is 8.68. The Hall–Kier alpha value is -3.25. The molecule has 3 aromatic rings. The molecule has 5 nitrogen and oxygen atoms in total. The number of ether oxygens (including phenoxy) is 1. The fourth-order valence-corrected chi connectivity index (χ4v) is 4.36.